The van der Waals surface area contributed by atoms with Gasteiger partial charge >= 0.3 is 0 Å². The molecule has 6 heteroatoms. The van der Waals surface area contributed by atoms with Crippen LogP contribution in [0.15, 0.2) is 267 Å². The molecule has 0 unspecified atom stereocenters. The van der Waals surface area contributed by atoms with Crippen LogP contribution in [0.25, 0.3) is 83.2 Å². The molecule has 11 aromatic carbocycles. The van der Waals surface area contributed by atoms with Gasteiger partial charge in [0.25, 0.3) is 0 Å². The third kappa shape index (κ3) is 7.43. The molecule has 2 aromatic heterocycles. The lowest BCUT2D eigenvalue weighted by Gasteiger charge is -2.26. The van der Waals surface area contributed by atoms with Crippen molar-refractivity contribution in [2.75, 3.05) is 9.80 Å². The van der Waals surface area contributed by atoms with Gasteiger partial charge in [-0.2, -0.15) is 0 Å². The third-order valence-electron chi connectivity index (χ3n) is 13.4. The highest BCUT2D eigenvalue weighted by atomic mass is 15.2. The predicted molar refractivity (Wildman–Crippen MR) is 295 cm³/mol. The summed E-state index contributed by atoms with van der Waals surface area (Å²) < 4.78 is 2.48. The van der Waals surface area contributed by atoms with Crippen molar-refractivity contribution in [3.63, 3.8) is 0 Å². The SMILES string of the molecule is c1ccc(-c2nc(-c3ccccc3)nc(-c3c4ccccc4c(-n4c5ccc(N(c6ccccc6)c6ccccc6)cc5c5cc(N(c6ccccc6)c6ccccc6)ccc54)c4ccccc34)n2)cc1. The van der Waals surface area contributed by atoms with Crippen molar-refractivity contribution in [2.24, 2.45) is 0 Å². The molecule has 0 bridgehead atoms. The molecular weight excluding hydrogens is 865 g/mol. The van der Waals surface area contributed by atoms with Crippen molar-refractivity contribution in [3.8, 4) is 39.9 Å². The fourth-order valence-electron chi connectivity index (χ4n) is 10.2. The van der Waals surface area contributed by atoms with Crippen molar-refractivity contribution < 1.29 is 0 Å². The number of benzene rings is 11. The summed E-state index contributed by atoms with van der Waals surface area (Å²) in [5.41, 5.74) is 12.5. The van der Waals surface area contributed by atoms with Gasteiger partial charge in [0, 0.05) is 72.4 Å². The van der Waals surface area contributed by atoms with Crippen molar-refractivity contribution >= 4 is 77.5 Å². The van der Waals surface area contributed by atoms with E-state index >= 15 is 0 Å². The first-order valence-corrected chi connectivity index (χ1v) is 23.9. The number of para-hydroxylation sites is 4. The second-order valence-electron chi connectivity index (χ2n) is 17.6. The van der Waals surface area contributed by atoms with Gasteiger partial charge in [-0.15, -0.1) is 0 Å². The molecule has 0 saturated carbocycles. The van der Waals surface area contributed by atoms with Crippen LogP contribution in [0.4, 0.5) is 34.1 Å². The van der Waals surface area contributed by atoms with E-state index in [1.54, 1.807) is 0 Å². The van der Waals surface area contributed by atoms with Crippen LogP contribution in [-0.2, 0) is 0 Å². The van der Waals surface area contributed by atoms with Crippen molar-refractivity contribution in [1.82, 2.24) is 19.5 Å². The minimum Gasteiger partial charge on any atom is -0.310 e. The maximum Gasteiger partial charge on any atom is 0.165 e. The maximum atomic E-state index is 5.31. The summed E-state index contributed by atoms with van der Waals surface area (Å²) in [6.45, 7) is 0. The van der Waals surface area contributed by atoms with Gasteiger partial charge in [0.05, 0.1) is 16.7 Å². The lowest BCUT2D eigenvalue weighted by molar-refractivity contribution is 1.08. The van der Waals surface area contributed by atoms with E-state index in [0.717, 1.165) is 99.9 Å². The Kier molecular flexibility index (Phi) is 10.4. The Morgan fingerprint density at radius 2 is 0.563 bits per heavy atom. The van der Waals surface area contributed by atoms with E-state index in [9.17, 15) is 0 Å². The van der Waals surface area contributed by atoms with Gasteiger partial charge in [-0.3, -0.25) is 0 Å². The van der Waals surface area contributed by atoms with Gasteiger partial charge in [-0.1, -0.05) is 182 Å². The topological polar surface area (TPSA) is 50.1 Å². The lowest BCUT2D eigenvalue weighted by Crippen LogP contribution is -2.09. The number of nitrogens with zero attached hydrogens (tertiary/aromatic N) is 6. The normalized spacial score (nSPS) is 11.4. The number of hydrogen-bond acceptors (Lipinski definition) is 5. The molecule has 13 aromatic rings. The van der Waals surface area contributed by atoms with E-state index in [0.29, 0.717) is 17.5 Å². The number of hydrogen-bond donors (Lipinski definition) is 0. The minimum absolute atomic E-state index is 0.622. The van der Waals surface area contributed by atoms with E-state index in [4.69, 9.17) is 15.0 Å². The van der Waals surface area contributed by atoms with Crippen LogP contribution >= 0.6 is 0 Å². The van der Waals surface area contributed by atoms with Crippen molar-refractivity contribution in [1.29, 1.82) is 0 Å². The monoisotopic (exact) mass is 908 g/mol. The van der Waals surface area contributed by atoms with E-state index in [-0.39, 0.29) is 0 Å². The molecular formula is C65H44N6. The zero-order valence-corrected chi connectivity index (χ0v) is 38.6. The van der Waals surface area contributed by atoms with Crippen LogP contribution in [0, 0.1) is 0 Å². The Labute approximate surface area is 411 Å². The molecule has 6 nitrogen and oxygen atoms in total. The molecule has 0 fully saturated rings. The molecule has 71 heavy (non-hydrogen) atoms. The van der Waals surface area contributed by atoms with Gasteiger partial charge < -0.3 is 14.4 Å². The smallest absolute Gasteiger partial charge is 0.165 e. The van der Waals surface area contributed by atoms with Gasteiger partial charge in [0.15, 0.2) is 17.5 Å². The zero-order valence-electron chi connectivity index (χ0n) is 38.6. The summed E-state index contributed by atoms with van der Waals surface area (Å²) in [6, 6.07) is 94.2. The fourth-order valence-corrected chi connectivity index (χ4v) is 10.2. The summed E-state index contributed by atoms with van der Waals surface area (Å²) in [5.74, 6) is 1.87. The van der Waals surface area contributed by atoms with E-state index in [1.165, 1.54) is 0 Å². The molecule has 2 heterocycles. The summed E-state index contributed by atoms with van der Waals surface area (Å²) >= 11 is 0. The second kappa shape index (κ2) is 17.8. The standard InChI is InChI=1S/C65H44N6/c1-7-23-45(24-8-1)63-66-64(46-25-9-2-10-26-46)68-65(67-63)61-53-35-19-21-37-55(53)62(56-38-22-20-36-54(56)61)71-59-41-39-51(69(47-27-11-3-12-28-47)48-29-13-4-14-30-48)43-57(59)58-44-52(40-42-60(58)71)70(49-31-15-5-16-32-49)50-33-17-6-18-34-50/h1-44H. The van der Waals surface area contributed by atoms with Crippen LogP contribution in [-0.4, -0.2) is 19.5 Å². The first-order chi connectivity index (χ1) is 35.2. The highest BCUT2D eigenvalue weighted by Gasteiger charge is 2.25. The highest BCUT2D eigenvalue weighted by molar-refractivity contribution is 6.21. The van der Waals surface area contributed by atoms with Crippen LogP contribution in [0.3, 0.4) is 0 Å². The van der Waals surface area contributed by atoms with Crippen LogP contribution < -0.4 is 9.80 Å². The van der Waals surface area contributed by atoms with Crippen molar-refractivity contribution in [2.45, 2.75) is 0 Å². The van der Waals surface area contributed by atoms with Crippen LogP contribution in [0.5, 0.6) is 0 Å². The maximum absolute atomic E-state index is 5.31. The Morgan fingerprint density at radius 1 is 0.254 bits per heavy atom. The molecule has 0 atom stereocenters. The lowest BCUT2D eigenvalue weighted by atomic mass is 9.93. The highest BCUT2D eigenvalue weighted by Crippen LogP contribution is 2.47. The van der Waals surface area contributed by atoms with Crippen LogP contribution in [0.2, 0.25) is 0 Å². The first-order valence-electron chi connectivity index (χ1n) is 23.9. The molecule has 0 aliphatic rings. The van der Waals surface area contributed by atoms with E-state index in [1.807, 2.05) is 36.4 Å². The van der Waals surface area contributed by atoms with Gasteiger partial charge in [-0.05, 0) is 95.7 Å². The number of anilines is 6. The molecule has 13 rings (SSSR count). The molecule has 0 aliphatic heterocycles. The molecule has 0 saturated heterocycles. The molecule has 0 amide bonds. The zero-order chi connectivity index (χ0) is 47.1. The summed E-state index contributed by atoms with van der Waals surface area (Å²) in [6.07, 6.45) is 0. The fraction of sp³-hybridized carbons (Fsp3) is 0. The first kappa shape index (κ1) is 41.5. The Bertz CT molecular complexity index is 3700. The Hall–Kier alpha value is -9.65. The Balaban J connectivity index is 1.11. The van der Waals surface area contributed by atoms with E-state index in [2.05, 4.69) is 245 Å². The average molecular weight is 909 g/mol. The number of fused-ring (bicyclic) bond motifs is 5. The largest absolute Gasteiger partial charge is 0.310 e. The van der Waals surface area contributed by atoms with Crippen LogP contribution in [0.1, 0.15) is 0 Å². The number of aromatic nitrogens is 4. The van der Waals surface area contributed by atoms with E-state index < -0.39 is 0 Å². The van der Waals surface area contributed by atoms with Gasteiger partial charge in [0.1, 0.15) is 0 Å². The second-order valence-corrected chi connectivity index (χ2v) is 17.6. The average Bonchev–Trinajstić information content (AvgIpc) is 3.76. The quantitative estimate of drug-likeness (QED) is 0.128. The number of rotatable bonds is 10. The summed E-state index contributed by atoms with van der Waals surface area (Å²) in [4.78, 5) is 20.4. The molecule has 334 valence electrons. The summed E-state index contributed by atoms with van der Waals surface area (Å²) in [5, 5.41) is 6.53. The summed E-state index contributed by atoms with van der Waals surface area (Å²) in [7, 11) is 0. The van der Waals surface area contributed by atoms with Crippen molar-refractivity contribution in [3.05, 3.63) is 267 Å². The molecule has 0 spiro atoms. The minimum atomic E-state index is 0.622. The predicted octanol–water partition coefficient (Wildman–Crippen LogP) is 17.2. The molecule has 0 radical (unpaired) electrons. The molecule has 0 aliphatic carbocycles. The Morgan fingerprint density at radius 3 is 0.930 bits per heavy atom. The third-order valence-corrected chi connectivity index (χ3v) is 13.4. The van der Waals surface area contributed by atoms with Gasteiger partial charge in [-0.25, -0.2) is 15.0 Å². The molecule has 0 N–H and O–H groups in total. The van der Waals surface area contributed by atoms with Gasteiger partial charge in [0.2, 0.25) is 0 Å².